The average Bonchev–Trinajstić information content (AvgIpc) is 2.61. The summed E-state index contributed by atoms with van der Waals surface area (Å²) in [6, 6.07) is 17.0. The fraction of sp³-hybridized carbons (Fsp3) is 0.211. The topological polar surface area (TPSA) is 102 Å². The molecular formula is C19H17N3O3S. The Morgan fingerprint density at radius 2 is 1.65 bits per heavy atom. The molecule has 0 aliphatic carbocycles. The molecule has 0 atom stereocenters. The van der Waals surface area contributed by atoms with Crippen LogP contribution in [0.2, 0.25) is 0 Å². The highest BCUT2D eigenvalue weighted by atomic mass is 32.2. The Labute approximate surface area is 152 Å². The van der Waals surface area contributed by atoms with E-state index in [1.54, 1.807) is 48.5 Å². The number of hydrogen-bond donors (Lipinski definition) is 0. The van der Waals surface area contributed by atoms with E-state index >= 15 is 0 Å². The lowest BCUT2D eigenvalue weighted by atomic mass is 10.1. The van der Waals surface area contributed by atoms with E-state index in [2.05, 4.69) is 0 Å². The summed E-state index contributed by atoms with van der Waals surface area (Å²) in [5.41, 5.74) is 2.21. The van der Waals surface area contributed by atoms with Crippen LogP contribution in [0.25, 0.3) is 0 Å². The van der Waals surface area contributed by atoms with Gasteiger partial charge in [0.25, 0.3) is 0 Å². The van der Waals surface area contributed by atoms with Gasteiger partial charge in [0.1, 0.15) is 5.75 Å². The minimum absolute atomic E-state index is 0.223. The molecule has 2 rings (SSSR count). The van der Waals surface area contributed by atoms with E-state index in [0.29, 0.717) is 16.7 Å². The molecule has 7 heteroatoms. The van der Waals surface area contributed by atoms with E-state index in [1.807, 2.05) is 12.1 Å². The molecule has 0 aliphatic heterocycles. The van der Waals surface area contributed by atoms with Gasteiger partial charge in [-0.2, -0.15) is 10.5 Å². The van der Waals surface area contributed by atoms with Crippen LogP contribution in [-0.4, -0.2) is 32.0 Å². The van der Waals surface area contributed by atoms with Gasteiger partial charge in [-0.05, 0) is 35.4 Å². The lowest BCUT2D eigenvalue weighted by Gasteiger charge is -2.17. The minimum atomic E-state index is -3.63. The van der Waals surface area contributed by atoms with Crippen molar-refractivity contribution in [3.63, 3.8) is 0 Å². The molecule has 0 saturated carbocycles. The van der Waals surface area contributed by atoms with Crippen molar-refractivity contribution in [3.8, 4) is 12.1 Å². The van der Waals surface area contributed by atoms with Crippen LogP contribution < -0.4 is 0 Å². The maximum Gasteiger partial charge on any atom is 0.237 e. The molecule has 0 aromatic heterocycles. The summed E-state index contributed by atoms with van der Waals surface area (Å²) in [5.74, 6) is -1.37. The number of nitriles is 2. The standard InChI is InChI=1S/C19H17N3O3S/c1-22(12-18-4-2-3-17(9-18)11-21)19(23)14-26(24,25)13-16-7-5-15(10-20)6-8-16/h2-9H,12-14H2,1H3. The summed E-state index contributed by atoms with van der Waals surface area (Å²) in [6.45, 7) is 0.223. The third-order valence-electron chi connectivity index (χ3n) is 3.71. The van der Waals surface area contributed by atoms with Gasteiger partial charge in [0.05, 0.1) is 29.0 Å². The average molecular weight is 367 g/mol. The molecule has 2 aromatic carbocycles. The molecule has 0 unspecified atom stereocenters. The molecule has 2 aromatic rings. The molecule has 0 radical (unpaired) electrons. The maximum absolute atomic E-state index is 12.3. The van der Waals surface area contributed by atoms with Crippen molar-refractivity contribution in [3.05, 3.63) is 70.8 Å². The first-order chi connectivity index (χ1) is 12.3. The monoisotopic (exact) mass is 367 g/mol. The molecule has 0 spiro atoms. The minimum Gasteiger partial charge on any atom is -0.341 e. The number of nitrogens with zero attached hydrogens (tertiary/aromatic N) is 3. The number of amides is 1. The van der Waals surface area contributed by atoms with Gasteiger partial charge in [0.2, 0.25) is 5.91 Å². The molecule has 6 nitrogen and oxygen atoms in total. The lowest BCUT2D eigenvalue weighted by molar-refractivity contribution is -0.127. The van der Waals surface area contributed by atoms with Crippen molar-refractivity contribution in [2.45, 2.75) is 12.3 Å². The molecule has 0 heterocycles. The van der Waals surface area contributed by atoms with E-state index in [4.69, 9.17) is 10.5 Å². The number of hydrogen-bond acceptors (Lipinski definition) is 5. The van der Waals surface area contributed by atoms with Crippen molar-refractivity contribution >= 4 is 15.7 Å². The van der Waals surface area contributed by atoms with E-state index in [1.165, 1.54) is 11.9 Å². The maximum atomic E-state index is 12.3. The van der Waals surface area contributed by atoms with Crippen LogP contribution in [0.15, 0.2) is 48.5 Å². The summed E-state index contributed by atoms with van der Waals surface area (Å²) in [6.07, 6.45) is 0. The third-order valence-corrected chi connectivity index (χ3v) is 5.17. The van der Waals surface area contributed by atoms with Gasteiger partial charge < -0.3 is 4.90 Å². The molecule has 1 amide bonds. The number of carbonyl (C=O) groups is 1. The second-order valence-electron chi connectivity index (χ2n) is 5.90. The molecular weight excluding hydrogens is 350 g/mol. The van der Waals surface area contributed by atoms with Crippen LogP contribution in [0.1, 0.15) is 22.3 Å². The fourth-order valence-electron chi connectivity index (χ4n) is 2.38. The molecule has 0 aliphatic rings. The number of carbonyl (C=O) groups excluding carboxylic acids is 1. The number of rotatable bonds is 6. The number of sulfone groups is 1. The van der Waals surface area contributed by atoms with Crippen LogP contribution in [0, 0.1) is 22.7 Å². The van der Waals surface area contributed by atoms with Gasteiger partial charge in [-0.25, -0.2) is 8.42 Å². The first-order valence-electron chi connectivity index (χ1n) is 7.75. The van der Waals surface area contributed by atoms with Gasteiger partial charge in [-0.15, -0.1) is 0 Å². The highest BCUT2D eigenvalue weighted by Gasteiger charge is 2.20. The Bertz CT molecular complexity index is 984. The van der Waals surface area contributed by atoms with Crippen LogP contribution in [0.5, 0.6) is 0 Å². The summed E-state index contributed by atoms with van der Waals surface area (Å²) in [5, 5.41) is 17.7. The van der Waals surface area contributed by atoms with E-state index < -0.39 is 21.5 Å². The van der Waals surface area contributed by atoms with Crippen molar-refractivity contribution < 1.29 is 13.2 Å². The second kappa shape index (κ2) is 8.28. The van der Waals surface area contributed by atoms with Crippen LogP contribution in [0.3, 0.4) is 0 Å². The van der Waals surface area contributed by atoms with E-state index in [-0.39, 0.29) is 12.3 Å². The van der Waals surface area contributed by atoms with Gasteiger partial charge in [-0.1, -0.05) is 24.3 Å². The van der Waals surface area contributed by atoms with Gasteiger partial charge in [-0.3, -0.25) is 4.79 Å². The molecule has 0 N–H and O–H groups in total. The summed E-state index contributed by atoms with van der Waals surface area (Å²) in [7, 11) is -2.10. The molecule has 132 valence electrons. The lowest BCUT2D eigenvalue weighted by Crippen LogP contribution is -2.32. The van der Waals surface area contributed by atoms with Crippen LogP contribution >= 0.6 is 0 Å². The number of benzene rings is 2. The summed E-state index contributed by atoms with van der Waals surface area (Å²) >= 11 is 0. The van der Waals surface area contributed by atoms with Crippen molar-refractivity contribution in [2.75, 3.05) is 12.8 Å². The Balaban J connectivity index is 2.00. The van der Waals surface area contributed by atoms with Gasteiger partial charge >= 0.3 is 0 Å². The Hall–Kier alpha value is -3.16. The SMILES string of the molecule is CN(Cc1cccc(C#N)c1)C(=O)CS(=O)(=O)Cc1ccc(C#N)cc1. The highest BCUT2D eigenvalue weighted by Crippen LogP contribution is 2.11. The predicted octanol–water partition coefficient (Wildman–Crippen LogP) is 2.00. The molecule has 0 saturated heterocycles. The molecule has 0 bridgehead atoms. The van der Waals surface area contributed by atoms with Crippen LogP contribution in [-0.2, 0) is 26.9 Å². The van der Waals surface area contributed by atoms with Crippen molar-refractivity contribution in [1.29, 1.82) is 10.5 Å². The van der Waals surface area contributed by atoms with Gasteiger partial charge in [0, 0.05) is 13.6 Å². The Morgan fingerprint density at radius 3 is 2.27 bits per heavy atom. The fourth-order valence-corrected chi connectivity index (χ4v) is 3.78. The van der Waals surface area contributed by atoms with E-state index in [9.17, 15) is 13.2 Å². The zero-order valence-corrected chi connectivity index (χ0v) is 15.0. The quantitative estimate of drug-likeness (QED) is 0.777. The summed E-state index contributed by atoms with van der Waals surface area (Å²) in [4.78, 5) is 13.6. The normalized spacial score (nSPS) is 10.6. The first kappa shape index (κ1) is 19.2. The van der Waals surface area contributed by atoms with Crippen LogP contribution in [0.4, 0.5) is 0 Å². The highest BCUT2D eigenvalue weighted by molar-refractivity contribution is 7.91. The van der Waals surface area contributed by atoms with Crippen molar-refractivity contribution in [1.82, 2.24) is 4.90 Å². The largest absolute Gasteiger partial charge is 0.341 e. The predicted molar refractivity (Wildman–Crippen MR) is 96.3 cm³/mol. The third kappa shape index (κ3) is 5.44. The zero-order valence-electron chi connectivity index (χ0n) is 14.2. The van der Waals surface area contributed by atoms with Gasteiger partial charge in [0.15, 0.2) is 9.84 Å². The smallest absolute Gasteiger partial charge is 0.237 e. The molecule has 26 heavy (non-hydrogen) atoms. The van der Waals surface area contributed by atoms with Crippen molar-refractivity contribution in [2.24, 2.45) is 0 Å². The zero-order chi connectivity index (χ0) is 19.2. The second-order valence-corrected chi connectivity index (χ2v) is 7.97. The molecule has 0 fully saturated rings. The Kier molecular flexibility index (Phi) is 6.11. The Morgan fingerprint density at radius 1 is 1.00 bits per heavy atom. The first-order valence-corrected chi connectivity index (χ1v) is 9.57. The van der Waals surface area contributed by atoms with E-state index in [0.717, 1.165) is 5.56 Å². The summed E-state index contributed by atoms with van der Waals surface area (Å²) < 4.78 is 24.5.